The van der Waals surface area contributed by atoms with Crippen molar-refractivity contribution in [3.63, 3.8) is 0 Å². The van der Waals surface area contributed by atoms with Gasteiger partial charge in [0.1, 0.15) is 6.54 Å². The second-order valence-corrected chi connectivity index (χ2v) is 12.0. The molecular formula is C41H40F5N3O3S. The molecule has 0 radical (unpaired) electrons. The van der Waals surface area contributed by atoms with Crippen LogP contribution in [0.3, 0.4) is 0 Å². The van der Waals surface area contributed by atoms with E-state index in [1.54, 1.807) is 0 Å². The van der Waals surface area contributed by atoms with Crippen molar-refractivity contribution in [2.45, 2.75) is 55.8 Å². The van der Waals surface area contributed by atoms with Gasteiger partial charge in [0.2, 0.25) is 5.91 Å². The Kier molecular flexibility index (Phi) is 5.87. The number of pyridine rings is 1. The van der Waals surface area contributed by atoms with Crippen molar-refractivity contribution in [2.75, 3.05) is 33.3 Å². The SMILES string of the molecule is [2H]c1c([2H])c(F)c(F)c(C([2H])([2H])Sc2c([2H])c(=O)c3c([2H])c([2H])c([2H])c([2H])c3n2CC(=O)N(C2CCN(C([2H])([2H])C([2H])([2H])OC)CC2)C([2H])([2H])c2c([2H])c([2H])c(-c3c([2H])c([2H])c(C(F)(F)F)c(C)c3[2H])c([2H])c2[2H])c1[2H]. The summed E-state index contributed by atoms with van der Waals surface area (Å²) in [6, 6.07) is -21.0. The predicted molar refractivity (Wildman–Crippen MR) is 198 cm³/mol. The van der Waals surface area contributed by atoms with Gasteiger partial charge in [-0.3, -0.25) is 9.59 Å². The predicted octanol–water partition coefficient (Wildman–Crippen LogP) is 8.71. The lowest BCUT2D eigenvalue weighted by molar-refractivity contribution is -0.138. The highest BCUT2D eigenvalue weighted by Gasteiger charge is 2.32. The van der Waals surface area contributed by atoms with Crippen LogP contribution in [-0.2, 0) is 34.5 Å². The van der Waals surface area contributed by atoms with Crippen LogP contribution in [0.4, 0.5) is 22.0 Å². The van der Waals surface area contributed by atoms with Crippen molar-refractivity contribution in [1.29, 1.82) is 0 Å². The number of nitrogens with zero attached hydrogens (tertiary/aromatic N) is 3. The van der Waals surface area contributed by atoms with E-state index in [1.165, 1.54) is 0 Å². The fraction of sp³-hybridized carbons (Fsp3) is 0.317. The van der Waals surface area contributed by atoms with Gasteiger partial charge in [-0.25, -0.2) is 8.78 Å². The number of alkyl halides is 3. The lowest BCUT2D eigenvalue weighted by Crippen LogP contribution is -2.48. The molecule has 1 aromatic heterocycles. The maximum Gasteiger partial charge on any atom is 0.416 e. The number of carbonyl (C=O) groups is 1. The van der Waals surface area contributed by atoms with E-state index in [9.17, 15) is 25.1 Å². The number of carbonyl (C=O) groups excluding carboxylic acids is 1. The van der Waals surface area contributed by atoms with Gasteiger partial charge in [0.15, 0.2) is 17.1 Å². The normalized spacial score (nSPS) is 21.5. The lowest BCUT2D eigenvalue weighted by atomic mass is 9.98. The molecule has 0 bridgehead atoms. The number of fused-ring (bicyclic) bond motifs is 1. The molecule has 1 aliphatic rings. The van der Waals surface area contributed by atoms with Crippen LogP contribution in [0.2, 0.25) is 0 Å². The van der Waals surface area contributed by atoms with Gasteiger partial charge in [-0.1, -0.05) is 60.4 Å². The summed E-state index contributed by atoms with van der Waals surface area (Å²) in [5.74, 6) is -5.91. The minimum atomic E-state index is -5.28. The number of hydrogen-bond donors (Lipinski definition) is 0. The van der Waals surface area contributed by atoms with E-state index in [0.29, 0.717) is 4.57 Å². The number of para-hydroxylation sites is 1. The molecule has 6 rings (SSSR count). The Morgan fingerprint density at radius 3 is 2.42 bits per heavy atom. The number of piperidine rings is 1. The minimum absolute atomic E-state index is 0.267. The third-order valence-corrected chi connectivity index (χ3v) is 8.56. The van der Waals surface area contributed by atoms with E-state index < -0.39 is 245 Å². The Morgan fingerprint density at radius 1 is 0.981 bits per heavy atom. The molecule has 53 heavy (non-hydrogen) atoms. The second kappa shape index (κ2) is 16.7. The number of aromatic nitrogens is 1. The monoisotopic (exact) mass is 772 g/mol. The zero-order valence-corrected chi connectivity index (χ0v) is 28.3. The summed E-state index contributed by atoms with van der Waals surface area (Å²) in [4.78, 5) is 30.5. The van der Waals surface area contributed by atoms with Crippen LogP contribution >= 0.6 is 11.8 Å². The zero-order valence-electron chi connectivity index (χ0n) is 50.5. The first-order valence-corrected chi connectivity index (χ1v) is 16.2. The summed E-state index contributed by atoms with van der Waals surface area (Å²) in [6.07, 6.45) is -6.38. The van der Waals surface area contributed by atoms with Gasteiger partial charge in [0, 0.05) is 67.4 Å². The molecule has 0 atom stereocenters. The molecule has 0 aliphatic carbocycles. The number of rotatable bonds is 12. The van der Waals surface area contributed by atoms with Crippen LogP contribution in [0.1, 0.15) is 66.6 Å². The van der Waals surface area contributed by atoms with Gasteiger partial charge in [-0.05, 0) is 66.2 Å². The fourth-order valence-electron chi connectivity index (χ4n) is 5.21. The topological polar surface area (TPSA) is 54.8 Å². The summed E-state index contributed by atoms with van der Waals surface area (Å²) in [7, 11) is 0.866. The van der Waals surface area contributed by atoms with Crippen molar-refractivity contribution < 1.29 is 63.0 Å². The number of ether oxygens (including phenoxy) is 1. The summed E-state index contributed by atoms with van der Waals surface area (Å²) in [6.45, 7) is -11.5. The highest BCUT2D eigenvalue weighted by Crippen LogP contribution is 2.34. The highest BCUT2D eigenvalue weighted by molar-refractivity contribution is 7.98. The van der Waals surface area contributed by atoms with Gasteiger partial charge in [-0.2, -0.15) is 13.2 Å². The van der Waals surface area contributed by atoms with Crippen molar-refractivity contribution in [3.8, 4) is 11.1 Å². The Hall–Kier alpha value is -4.52. The van der Waals surface area contributed by atoms with Crippen LogP contribution in [0.25, 0.3) is 22.0 Å². The summed E-state index contributed by atoms with van der Waals surface area (Å²) in [5.41, 5.74) is -13.7. The largest absolute Gasteiger partial charge is 0.416 e. The molecular weight excluding hydrogens is 710 g/mol. The van der Waals surface area contributed by atoms with Crippen molar-refractivity contribution >= 4 is 28.6 Å². The Morgan fingerprint density at radius 2 is 1.70 bits per heavy atom. The fourth-order valence-corrected chi connectivity index (χ4v) is 5.96. The molecule has 1 amide bonds. The van der Waals surface area contributed by atoms with Gasteiger partial charge >= 0.3 is 6.18 Å². The van der Waals surface area contributed by atoms with Crippen LogP contribution in [0.15, 0.2) is 100 Å². The van der Waals surface area contributed by atoms with E-state index in [0.717, 1.165) is 18.9 Å². The highest BCUT2D eigenvalue weighted by atomic mass is 32.2. The van der Waals surface area contributed by atoms with Crippen LogP contribution in [-0.4, -0.2) is 59.6 Å². The average molecular weight is 773 g/mol. The molecule has 12 heteroatoms. The molecule has 1 aliphatic heterocycles. The number of thioether (sulfide) groups is 1. The zero-order chi connectivity index (χ0) is 57.9. The van der Waals surface area contributed by atoms with E-state index in [-0.39, 0.29) is 4.90 Å². The quantitative estimate of drug-likeness (QED) is 0.0939. The maximum atomic E-state index is 15.6. The van der Waals surface area contributed by atoms with Gasteiger partial charge in [0.05, 0.1) is 48.7 Å². The molecule has 0 N–H and O–H groups in total. The molecule has 1 saturated heterocycles. The molecule has 0 spiro atoms. The Balaban J connectivity index is 1.65. The molecule has 1 fully saturated rings. The van der Waals surface area contributed by atoms with Crippen molar-refractivity contribution in [1.82, 2.24) is 14.4 Å². The van der Waals surface area contributed by atoms with Crippen LogP contribution in [0, 0.1) is 18.6 Å². The molecule has 6 nitrogen and oxygen atoms in total. The van der Waals surface area contributed by atoms with Crippen LogP contribution < -0.4 is 5.43 Å². The molecule has 0 saturated carbocycles. The molecule has 5 aromatic rings. The van der Waals surface area contributed by atoms with Gasteiger partial charge in [-0.15, -0.1) is 11.8 Å². The van der Waals surface area contributed by atoms with Crippen LogP contribution in [0.5, 0.6) is 0 Å². The standard InChI is InChI=1S/C41H40F5N3O3S/c1-27-22-30(14-15-34(27)41(44,45)46)29-12-10-28(11-13-29)24-48(32-16-18-47(19-17-32)20-21-52-2)38(51)25-49-36-9-4-3-7-33(36)37(50)23-39(49)53-26-31-6-5-8-35(42)40(31)43/h3-15,22-23,32H,16-21,24-26H2,1-2H3/i3D,4D,5D,6D,7D,8D,9D,10D,11D,12D,13D,14D,15D,20D2,21D2,22D,23D,24D2,26D2. The van der Waals surface area contributed by atoms with Gasteiger partial charge in [0.25, 0.3) is 0 Å². The van der Waals surface area contributed by atoms with Gasteiger partial charge < -0.3 is 19.1 Å². The third-order valence-electron chi connectivity index (χ3n) is 7.74. The molecule has 0 unspecified atom stereocenters. The molecule has 278 valence electrons. The number of likely N-dealkylation sites (tertiary alicyclic amines) is 1. The minimum Gasteiger partial charge on any atom is -0.383 e. The average Bonchev–Trinajstić information content (AvgIpc) is 3.32. The maximum absolute atomic E-state index is 15.6. The number of halogens is 5. The lowest BCUT2D eigenvalue weighted by Gasteiger charge is -2.39. The Labute approximate surface area is 341 Å². The van der Waals surface area contributed by atoms with Crippen molar-refractivity contribution in [2.24, 2.45) is 0 Å². The smallest absolute Gasteiger partial charge is 0.383 e. The first-order chi connectivity index (χ1) is 34.7. The number of benzene rings is 4. The van der Waals surface area contributed by atoms with E-state index in [4.69, 9.17) is 33.5 Å². The van der Waals surface area contributed by atoms with E-state index in [1.807, 2.05) is 0 Å². The van der Waals surface area contributed by atoms with E-state index in [2.05, 4.69) is 0 Å². The number of methoxy groups -OCH3 is 1. The second-order valence-electron chi connectivity index (χ2n) is 11.2. The number of amides is 1. The summed E-state index contributed by atoms with van der Waals surface area (Å²) < 4.78 is 276. The summed E-state index contributed by atoms with van der Waals surface area (Å²) in [5, 5.41) is -2.16. The molecule has 4 aromatic carbocycles. The number of hydrogen-bond acceptors (Lipinski definition) is 5. The molecule has 2 heterocycles. The first-order valence-electron chi connectivity index (χ1n) is 26.9. The third kappa shape index (κ3) is 9.00. The Bertz CT molecular complexity index is 3250. The van der Waals surface area contributed by atoms with E-state index >= 15 is 9.18 Å². The van der Waals surface area contributed by atoms with Crippen molar-refractivity contribution in [3.05, 3.63) is 135 Å². The first kappa shape index (κ1) is 18.7. The summed E-state index contributed by atoms with van der Waals surface area (Å²) >= 11 is -0.419.